The van der Waals surface area contributed by atoms with Gasteiger partial charge in [0.1, 0.15) is 12.3 Å². The van der Waals surface area contributed by atoms with Gasteiger partial charge in [-0.1, -0.05) is 0 Å². The van der Waals surface area contributed by atoms with Crippen molar-refractivity contribution >= 4 is 9.05 Å². The molecule has 0 saturated carbocycles. The molecule has 1 fully saturated rings. The Morgan fingerprint density at radius 1 is 1.05 bits per heavy atom. The summed E-state index contributed by atoms with van der Waals surface area (Å²) in [5.74, 6) is 0. The Kier molecular flexibility index (Phi) is 7.01. The van der Waals surface area contributed by atoms with Crippen molar-refractivity contribution in [3.05, 3.63) is 0 Å². The molecule has 0 amide bonds. The summed E-state index contributed by atoms with van der Waals surface area (Å²) in [5, 5.41) is 0. The van der Waals surface area contributed by atoms with Crippen molar-refractivity contribution in [2.45, 2.75) is 51.9 Å². The highest BCUT2D eigenvalue weighted by Gasteiger charge is 2.58. The van der Waals surface area contributed by atoms with Crippen LogP contribution in [0.2, 0.25) is 0 Å². The van der Waals surface area contributed by atoms with E-state index in [-0.39, 0.29) is 19.8 Å². The van der Waals surface area contributed by atoms with E-state index in [4.69, 9.17) is 22.4 Å². The molecule has 0 aromatic rings. The molecule has 3 atom stereocenters. The Bertz CT molecular complexity index is 300. The molecule has 10 heteroatoms. The predicted octanol–water partition coefficient (Wildman–Crippen LogP) is 2.56. The van der Waals surface area contributed by atoms with Crippen LogP contribution in [0.1, 0.15) is 27.2 Å². The molecule has 0 aliphatic carbocycles. The zero-order valence-electron chi connectivity index (χ0n) is 12.1. The summed E-state index contributed by atoms with van der Waals surface area (Å²) in [7, 11) is -3.52. The second-order valence-electron chi connectivity index (χ2n) is 4.22. The first-order valence-electron chi connectivity index (χ1n) is 6.72. The zero-order valence-corrected chi connectivity index (χ0v) is 13.1. The Hall–Kier alpha value is -0.263. The summed E-state index contributed by atoms with van der Waals surface area (Å²) in [4.78, 5) is 0. The molecule has 1 aliphatic rings. The highest BCUT2D eigenvalue weighted by Crippen LogP contribution is 2.36. The molecular formula is C11H20F4O5Si. The van der Waals surface area contributed by atoms with E-state index < -0.39 is 40.2 Å². The van der Waals surface area contributed by atoms with Gasteiger partial charge in [0.2, 0.25) is 0 Å². The summed E-state index contributed by atoms with van der Waals surface area (Å²) in [6.45, 7) is 5.75. The molecule has 0 N–H and O–H groups in total. The van der Waals surface area contributed by atoms with Crippen molar-refractivity contribution in [2.75, 3.05) is 19.8 Å². The highest BCUT2D eigenvalue weighted by molar-refractivity contribution is 6.53. The maximum Gasteiger partial charge on any atom is 0.681 e. The van der Waals surface area contributed by atoms with Crippen molar-refractivity contribution in [3.8, 4) is 0 Å². The average molecular weight is 336 g/mol. The standard InChI is InChI=1S/C11H20F4O5Si/c1-4-16-21(17-5-2,18-6-3)20-10-9(19-10)8(12)7-11(13,14)15/h8-10H,4-7H2,1-3H3. The van der Waals surface area contributed by atoms with E-state index in [0.29, 0.717) is 0 Å². The fourth-order valence-electron chi connectivity index (χ4n) is 1.70. The van der Waals surface area contributed by atoms with Crippen molar-refractivity contribution in [3.63, 3.8) is 0 Å². The second kappa shape index (κ2) is 7.84. The van der Waals surface area contributed by atoms with Gasteiger partial charge in [-0.3, -0.25) is 0 Å². The molecule has 1 aliphatic heterocycles. The summed E-state index contributed by atoms with van der Waals surface area (Å²) in [5.41, 5.74) is 0. The van der Waals surface area contributed by atoms with Crippen LogP contribution in [-0.2, 0) is 22.4 Å². The van der Waals surface area contributed by atoms with Gasteiger partial charge in [-0.15, -0.1) is 0 Å². The maximum absolute atomic E-state index is 13.4. The van der Waals surface area contributed by atoms with Crippen LogP contribution in [0.25, 0.3) is 0 Å². The third-order valence-corrected chi connectivity index (χ3v) is 4.94. The molecule has 0 bridgehead atoms. The summed E-state index contributed by atoms with van der Waals surface area (Å²) < 4.78 is 76.0. The van der Waals surface area contributed by atoms with E-state index >= 15 is 0 Å². The summed E-state index contributed by atoms with van der Waals surface area (Å²) in [6.07, 6.45) is -10.8. The highest BCUT2D eigenvalue weighted by atomic mass is 28.4. The summed E-state index contributed by atoms with van der Waals surface area (Å²) >= 11 is 0. The average Bonchev–Trinajstić information content (AvgIpc) is 3.07. The van der Waals surface area contributed by atoms with Gasteiger partial charge in [-0.05, 0) is 20.8 Å². The third-order valence-electron chi connectivity index (χ3n) is 2.49. The van der Waals surface area contributed by atoms with Gasteiger partial charge in [0.15, 0.2) is 6.29 Å². The Balaban J connectivity index is 2.57. The van der Waals surface area contributed by atoms with Crippen LogP contribution in [0.5, 0.6) is 0 Å². The first-order chi connectivity index (χ1) is 9.77. The quantitative estimate of drug-likeness (QED) is 0.349. The van der Waals surface area contributed by atoms with Crippen LogP contribution in [0.3, 0.4) is 0 Å². The third kappa shape index (κ3) is 6.16. The fraction of sp³-hybridized carbons (Fsp3) is 1.00. The van der Waals surface area contributed by atoms with Gasteiger partial charge in [-0.2, -0.15) is 13.2 Å². The molecule has 1 heterocycles. The van der Waals surface area contributed by atoms with Crippen LogP contribution in [0.15, 0.2) is 0 Å². The number of hydrogen-bond acceptors (Lipinski definition) is 5. The Morgan fingerprint density at radius 3 is 1.90 bits per heavy atom. The molecule has 0 aromatic carbocycles. The van der Waals surface area contributed by atoms with E-state index in [9.17, 15) is 17.6 Å². The number of ether oxygens (including phenoxy) is 1. The van der Waals surface area contributed by atoms with Gasteiger partial charge in [0.25, 0.3) is 0 Å². The normalized spacial score (nSPS) is 24.1. The lowest BCUT2D eigenvalue weighted by atomic mass is 10.2. The molecular weight excluding hydrogens is 316 g/mol. The second-order valence-corrected chi connectivity index (χ2v) is 6.32. The van der Waals surface area contributed by atoms with Crippen molar-refractivity contribution in [1.82, 2.24) is 0 Å². The minimum absolute atomic E-state index is 0.227. The van der Waals surface area contributed by atoms with Crippen LogP contribution in [0.4, 0.5) is 17.6 Å². The van der Waals surface area contributed by atoms with E-state index in [1.807, 2.05) is 0 Å². The van der Waals surface area contributed by atoms with Crippen molar-refractivity contribution in [1.29, 1.82) is 0 Å². The van der Waals surface area contributed by atoms with Crippen LogP contribution >= 0.6 is 0 Å². The van der Waals surface area contributed by atoms with Crippen LogP contribution in [-0.4, -0.2) is 53.6 Å². The van der Waals surface area contributed by atoms with E-state index in [0.717, 1.165) is 0 Å². The lowest BCUT2D eigenvalue weighted by Gasteiger charge is -2.26. The number of hydrogen-bond donors (Lipinski definition) is 0. The van der Waals surface area contributed by atoms with Gasteiger partial charge >= 0.3 is 15.2 Å². The van der Waals surface area contributed by atoms with E-state index in [1.54, 1.807) is 20.8 Å². The predicted molar refractivity (Wildman–Crippen MR) is 65.9 cm³/mol. The lowest BCUT2D eigenvalue weighted by Crippen LogP contribution is -2.50. The van der Waals surface area contributed by atoms with Gasteiger partial charge in [0.05, 0.1) is 6.42 Å². The van der Waals surface area contributed by atoms with E-state index in [2.05, 4.69) is 0 Å². The number of rotatable bonds is 10. The zero-order chi connectivity index (χ0) is 16.1. The van der Waals surface area contributed by atoms with Crippen LogP contribution in [0, 0.1) is 0 Å². The van der Waals surface area contributed by atoms with Crippen LogP contribution < -0.4 is 0 Å². The maximum atomic E-state index is 13.4. The largest absolute Gasteiger partial charge is 0.681 e. The topological polar surface area (TPSA) is 49.5 Å². The van der Waals surface area contributed by atoms with Gasteiger partial charge < -0.3 is 22.4 Å². The van der Waals surface area contributed by atoms with Crippen molar-refractivity contribution < 1.29 is 40.0 Å². The van der Waals surface area contributed by atoms with Gasteiger partial charge in [0, 0.05) is 19.8 Å². The number of epoxide rings is 1. The monoisotopic (exact) mass is 336 g/mol. The molecule has 0 radical (unpaired) electrons. The summed E-state index contributed by atoms with van der Waals surface area (Å²) in [6, 6.07) is 0. The molecule has 1 saturated heterocycles. The molecule has 1 rings (SSSR count). The molecule has 5 nitrogen and oxygen atoms in total. The smallest absolute Gasteiger partial charge is 0.351 e. The fourth-order valence-corrected chi connectivity index (χ4v) is 3.69. The van der Waals surface area contributed by atoms with Crippen molar-refractivity contribution in [2.24, 2.45) is 0 Å². The minimum atomic E-state index is -4.59. The SMILES string of the molecule is CCO[Si](OCC)(OCC)OC1OC1C(F)CC(F)(F)F. The molecule has 21 heavy (non-hydrogen) atoms. The number of alkyl halides is 4. The Labute approximate surface area is 121 Å². The Morgan fingerprint density at radius 2 is 1.52 bits per heavy atom. The first kappa shape index (κ1) is 18.8. The first-order valence-corrected chi connectivity index (χ1v) is 8.36. The molecule has 0 aromatic heterocycles. The van der Waals surface area contributed by atoms with Gasteiger partial charge in [-0.25, -0.2) is 4.39 Å². The lowest BCUT2D eigenvalue weighted by molar-refractivity contribution is -0.147. The number of halogens is 4. The molecule has 3 unspecified atom stereocenters. The minimum Gasteiger partial charge on any atom is -0.351 e. The molecule has 0 spiro atoms. The molecule has 126 valence electrons. The van der Waals surface area contributed by atoms with E-state index in [1.165, 1.54) is 0 Å².